The molecule has 0 unspecified atom stereocenters. The summed E-state index contributed by atoms with van der Waals surface area (Å²) < 4.78 is 4.84. The summed E-state index contributed by atoms with van der Waals surface area (Å²) in [6.45, 7) is 3.79. The molecule has 1 rings (SSSR count). The van der Waals surface area contributed by atoms with Crippen molar-refractivity contribution in [1.29, 1.82) is 5.26 Å². The quantitative estimate of drug-likeness (QED) is 0.588. The van der Waals surface area contributed by atoms with E-state index in [0.717, 1.165) is 5.56 Å². The first-order valence-corrected chi connectivity index (χ1v) is 5.37. The molecule has 0 aliphatic heterocycles. The number of nitrogens with zero attached hydrogens (tertiary/aromatic N) is 1. The van der Waals surface area contributed by atoms with Gasteiger partial charge in [0.1, 0.15) is 6.07 Å². The number of rotatable bonds is 4. The van der Waals surface area contributed by atoms with Gasteiger partial charge in [0.15, 0.2) is 6.29 Å². The van der Waals surface area contributed by atoms with Crippen molar-refractivity contribution in [3.05, 3.63) is 34.4 Å². The van der Waals surface area contributed by atoms with Crippen LogP contribution in [0.15, 0.2) is 12.1 Å². The molecule has 0 atom stereocenters. The van der Waals surface area contributed by atoms with Gasteiger partial charge in [-0.1, -0.05) is 6.92 Å². The first-order chi connectivity index (χ1) is 8.17. The Morgan fingerprint density at radius 3 is 2.65 bits per heavy atom. The molecule has 0 N–H and O–H groups in total. The minimum atomic E-state index is -0.631. The molecule has 0 aliphatic rings. The minimum Gasteiger partial charge on any atom is -0.462 e. The smallest absolute Gasteiger partial charge is 0.340 e. The van der Waals surface area contributed by atoms with E-state index in [4.69, 9.17) is 10.00 Å². The summed E-state index contributed by atoms with van der Waals surface area (Å²) in [6, 6.07) is 5.15. The average Bonchev–Trinajstić information content (AvgIpc) is 2.37. The summed E-state index contributed by atoms with van der Waals surface area (Å²) in [5.74, 6) is -0.631. The molecule has 0 aliphatic carbocycles. The lowest BCUT2D eigenvalue weighted by molar-refractivity contribution is 0.0524. The van der Waals surface area contributed by atoms with Gasteiger partial charge in [-0.3, -0.25) is 4.79 Å². The highest BCUT2D eigenvalue weighted by Crippen LogP contribution is 2.18. The van der Waals surface area contributed by atoms with E-state index in [9.17, 15) is 9.59 Å². The number of nitriles is 1. The third-order valence-electron chi connectivity index (χ3n) is 2.36. The van der Waals surface area contributed by atoms with Crippen molar-refractivity contribution >= 4 is 12.3 Å². The highest BCUT2D eigenvalue weighted by atomic mass is 16.5. The topological polar surface area (TPSA) is 67.2 Å². The van der Waals surface area contributed by atoms with Gasteiger partial charge in [0.25, 0.3) is 0 Å². The van der Waals surface area contributed by atoms with Crippen LogP contribution >= 0.6 is 0 Å². The van der Waals surface area contributed by atoms with E-state index in [1.807, 2.05) is 13.0 Å². The zero-order valence-corrected chi connectivity index (χ0v) is 9.82. The average molecular weight is 231 g/mol. The minimum absolute atomic E-state index is 0.0570. The number of carbonyl (C=O) groups excluding carboxylic acids is 2. The molecule has 0 amide bonds. The van der Waals surface area contributed by atoms with Gasteiger partial charge in [0, 0.05) is 5.56 Å². The van der Waals surface area contributed by atoms with Crippen LogP contribution in [-0.4, -0.2) is 18.9 Å². The predicted molar refractivity (Wildman–Crippen MR) is 61.9 cm³/mol. The largest absolute Gasteiger partial charge is 0.462 e. The number of hydrogen-bond acceptors (Lipinski definition) is 4. The zero-order chi connectivity index (χ0) is 12.8. The van der Waals surface area contributed by atoms with Crippen LogP contribution in [0.1, 0.15) is 45.7 Å². The van der Waals surface area contributed by atoms with Gasteiger partial charge in [-0.2, -0.15) is 5.26 Å². The fraction of sp³-hybridized carbons (Fsp3) is 0.308. The summed E-state index contributed by atoms with van der Waals surface area (Å²) in [6.07, 6.45) is 1.27. The van der Waals surface area contributed by atoms with Crippen molar-refractivity contribution in [3.8, 4) is 6.07 Å². The molecule has 0 spiro atoms. The second-order valence-electron chi connectivity index (χ2n) is 3.41. The first kappa shape index (κ1) is 12.9. The molecule has 0 fully saturated rings. The van der Waals surface area contributed by atoms with Crippen LogP contribution in [-0.2, 0) is 11.2 Å². The monoisotopic (exact) mass is 231 g/mol. The van der Waals surface area contributed by atoms with Crippen LogP contribution < -0.4 is 0 Å². The van der Waals surface area contributed by atoms with Gasteiger partial charge in [0.05, 0.1) is 17.7 Å². The summed E-state index contributed by atoms with van der Waals surface area (Å²) in [4.78, 5) is 22.6. The van der Waals surface area contributed by atoms with Crippen LogP contribution in [0, 0.1) is 11.3 Å². The van der Waals surface area contributed by atoms with Crippen molar-refractivity contribution < 1.29 is 14.3 Å². The van der Waals surface area contributed by atoms with Crippen molar-refractivity contribution in [2.24, 2.45) is 0 Å². The van der Waals surface area contributed by atoms with E-state index in [1.54, 1.807) is 19.1 Å². The van der Waals surface area contributed by atoms with Crippen LogP contribution in [0.4, 0.5) is 0 Å². The third-order valence-corrected chi connectivity index (χ3v) is 2.36. The molecule has 0 saturated heterocycles. The zero-order valence-electron chi connectivity index (χ0n) is 9.82. The van der Waals surface area contributed by atoms with E-state index in [1.165, 1.54) is 0 Å². The third kappa shape index (κ3) is 2.70. The molecular formula is C13H13NO3. The summed E-state index contributed by atoms with van der Waals surface area (Å²) in [5.41, 5.74) is 1.29. The Bertz CT molecular complexity index is 486. The molecule has 0 saturated carbocycles. The normalized spacial score (nSPS) is 9.47. The van der Waals surface area contributed by atoms with E-state index >= 15 is 0 Å². The number of hydrogen-bond donors (Lipinski definition) is 0. The lowest BCUT2D eigenvalue weighted by atomic mass is 9.98. The Kier molecular flexibility index (Phi) is 4.41. The highest BCUT2D eigenvalue weighted by Gasteiger charge is 2.18. The van der Waals surface area contributed by atoms with Crippen molar-refractivity contribution in [2.75, 3.05) is 6.61 Å². The van der Waals surface area contributed by atoms with Crippen LogP contribution in [0.5, 0.6) is 0 Å². The number of esters is 1. The van der Waals surface area contributed by atoms with Crippen LogP contribution in [0.2, 0.25) is 0 Å². The van der Waals surface area contributed by atoms with Crippen LogP contribution in [0.25, 0.3) is 0 Å². The number of carbonyl (C=O) groups is 2. The fourth-order valence-electron chi connectivity index (χ4n) is 1.54. The number of aryl methyl sites for hydroxylation is 1. The van der Waals surface area contributed by atoms with Gasteiger partial charge in [0.2, 0.25) is 0 Å². The maximum Gasteiger partial charge on any atom is 0.340 e. The second-order valence-corrected chi connectivity index (χ2v) is 3.41. The second kappa shape index (κ2) is 5.80. The van der Waals surface area contributed by atoms with Gasteiger partial charge in [-0.25, -0.2) is 4.79 Å². The SMILES string of the molecule is CCOC(=O)c1c(C#N)cc(CC)cc1C=O. The van der Waals surface area contributed by atoms with Gasteiger partial charge in [-0.15, -0.1) is 0 Å². The van der Waals surface area contributed by atoms with E-state index < -0.39 is 5.97 Å². The van der Waals surface area contributed by atoms with Gasteiger partial charge >= 0.3 is 5.97 Å². The molecule has 0 radical (unpaired) electrons. The molecule has 1 aromatic rings. The van der Waals surface area contributed by atoms with Crippen molar-refractivity contribution in [2.45, 2.75) is 20.3 Å². The Balaban J connectivity index is 3.41. The summed E-state index contributed by atoms with van der Waals surface area (Å²) >= 11 is 0. The van der Waals surface area contributed by atoms with E-state index in [-0.39, 0.29) is 23.3 Å². The van der Waals surface area contributed by atoms with Crippen molar-refractivity contribution in [1.82, 2.24) is 0 Å². The lowest BCUT2D eigenvalue weighted by Gasteiger charge is -2.08. The van der Waals surface area contributed by atoms with Crippen molar-refractivity contribution in [3.63, 3.8) is 0 Å². The number of aldehydes is 1. The molecule has 0 bridgehead atoms. The van der Waals surface area contributed by atoms with E-state index in [2.05, 4.69) is 0 Å². The molecule has 88 valence electrons. The Labute approximate surface area is 99.8 Å². The maximum atomic E-state index is 11.7. The molecule has 0 heterocycles. The Hall–Kier alpha value is -2.15. The molecular weight excluding hydrogens is 218 g/mol. The Morgan fingerprint density at radius 1 is 1.47 bits per heavy atom. The molecule has 17 heavy (non-hydrogen) atoms. The molecule has 4 nitrogen and oxygen atoms in total. The Morgan fingerprint density at radius 2 is 2.18 bits per heavy atom. The highest BCUT2D eigenvalue weighted by molar-refractivity contribution is 6.00. The molecule has 1 aromatic carbocycles. The van der Waals surface area contributed by atoms with Crippen LogP contribution in [0.3, 0.4) is 0 Å². The lowest BCUT2D eigenvalue weighted by Crippen LogP contribution is -2.11. The standard InChI is InChI=1S/C13H13NO3/c1-3-9-5-10(7-14)12(11(6-9)8-15)13(16)17-4-2/h5-6,8H,3-4H2,1-2H3. The number of benzene rings is 1. The molecule has 4 heteroatoms. The predicted octanol–water partition coefficient (Wildman–Crippen LogP) is 2.11. The number of ether oxygens (including phenoxy) is 1. The maximum absolute atomic E-state index is 11.7. The molecule has 0 aromatic heterocycles. The van der Waals surface area contributed by atoms with Gasteiger partial charge in [-0.05, 0) is 31.0 Å². The first-order valence-electron chi connectivity index (χ1n) is 5.37. The van der Waals surface area contributed by atoms with E-state index in [0.29, 0.717) is 12.7 Å². The fourth-order valence-corrected chi connectivity index (χ4v) is 1.54. The van der Waals surface area contributed by atoms with Gasteiger partial charge < -0.3 is 4.74 Å². The summed E-state index contributed by atoms with van der Waals surface area (Å²) in [5, 5.41) is 9.00. The summed E-state index contributed by atoms with van der Waals surface area (Å²) in [7, 11) is 0.